The van der Waals surface area contributed by atoms with Gasteiger partial charge in [0.05, 0.1) is 0 Å². The predicted octanol–water partition coefficient (Wildman–Crippen LogP) is 2.56. The number of amides is 1. The van der Waals surface area contributed by atoms with Gasteiger partial charge in [-0.15, -0.1) is 0 Å². The quantitative estimate of drug-likeness (QED) is 0.832. The minimum absolute atomic E-state index is 0.248. The standard InChI is InChI=1S/C11H9Cl2NO3/c1-6(15)14-10(11(16)17)4-7-2-3-8(12)5-9(7)13/h2-5H,1H3,(H,14,15)(H,16,17)/b10-4-. The van der Waals surface area contributed by atoms with Gasteiger partial charge in [-0.25, -0.2) is 4.79 Å². The summed E-state index contributed by atoms with van der Waals surface area (Å²) in [7, 11) is 0. The van der Waals surface area contributed by atoms with Crippen molar-refractivity contribution >= 4 is 41.2 Å². The zero-order chi connectivity index (χ0) is 13.0. The molecule has 2 N–H and O–H groups in total. The molecule has 0 aliphatic carbocycles. The van der Waals surface area contributed by atoms with Crippen molar-refractivity contribution in [1.82, 2.24) is 5.32 Å². The average molecular weight is 274 g/mol. The van der Waals surface area contributed by atoms with Gasteiger partial charge in [-0.2, -0.15) is 0 Å². The Morgan fingerprint density at radius 1 is 1.35 bits per heavy atom. The number of carboxylic acids is 1. The van der Waals surface area contributed by atoms with Crippen LogP contribution >= 0.6 is 23.2 Å². The van der Waals surface area contributed by atoms with E-state index in [-0.39, 0.29) is 5.70 Å². The van der Waals surface area contributed by atoms with Gasteiger partial charge in [0.15, 0.2) is 0 Å². The number of nitrogens with one attached hydrogen (secondary N) is 1. The first-order chi connectivity index (χ1) is 7.90. The van der Waals surface area contributed by atoms with E-state index in [0.29, 0.717) is 15.6 Å². The van der Waals surface area contributed by atoms with E-state index in [2.05, 4.69) is 5.32 Å². The van der Waals surface area contributed by atoms with Crippen LogP contribution in [0.2, 0.25) is 10.0 Å². The van der Waals surface area contributed by atoms with Gasteiger partial charge >= 0.3 is 5.97 Å². The molecule has 1 aromatic rings. The van der Waals surface area contributed by atoms with Crippen LogP contribution < -0.4 is 5.32 Å². The first-order valence-electron chi connectivity index (χ1n) is 4.58. The third-order valence-electron chi connectivity index (χ3n) is 1.80. The van der Waals surface area contributed by atoms with Crippen LogP contribution in [0.4, 0.5) is 0 Å². The molecule has 0 saturated carbocycles. The zero-order valence-electron chi connectivity index (χ0n) is 8.83. The largest absolute Gasteiger partial charge is 0.477 e. The SMILES string of the molecule is CC(=O)N/C(=C\c1ccc(Cl)cc1Cl)C(=O)O. The summed E-state index contributed by atoms with van der Waals surface area (Å²) in [5, 5.41) is 11.8. The predicted molar refractivity (Wildman–Crippen MR) is 65.9 cm³/mol. The number of aliphatic carboxylic acids is 1. The normalized spacial score (nSPS) is 11.1. The molecule has 6 heteroatoms. The summed E-state index contributed by atoms with van der Waals surface area (Å²) in [5.74, 6) is -1.71. The Morgan fingerprint density at radius 3 is 2.47 bits per heavy atom. The maximum atomic E-state index is 10.9. The molecule has 0 aromatic heterocycles. The maximum Gasteiger partial charge on any atom is 0.352 e. The molecule has 1 amide bonds. The molecule has 0 spiro atoms. The first-order valence-corrected chi connectivity index (χ1v) is 5.33. The molecule has 0 unspecified atom stereocenters. The highest BCUT2D eigenvalue weighted by Crippen LogP contribution is 2.22. The molecule has 0 bridgehead atoms. The van der Waals surface area contributed by atoms with Crippen molar-refractivity contribution in [3.05, 3.63) is 39.5 Å². The van der Waals surface area contributed by atoms with Crippen molar-refractivity contribution in [3.8, 4) is 0 Å². The lowest BCUT2D eigenvalue weighted by molar-refractivity contribution is -0.134. The van der Waals surface area contributed by atoms with Gasteiger partial charge in [0, 0.05) is 17.0 Å². The highest BCUT2D eigenvalue weighted by atomic mass is 35.5. The molecule has 1 rings (SSSR count). The van der Waals surface area contributed by atoms with Crippen LogP contribution in [-0.4, -0.2) is 17.0 Å². The molecule has 90 valence electrons. The van der Waals surface area contributed by atoms with E-state index < -0.39 is 11.9 Å². The number of rotatable bonds is 3. The third kappa shape index (κ3) is 4.09. The summed E-state index contributed by atoms with van der Waals surface area (Å²) >= 11 is 11.6. The summed E-state index contributed by atoms with van der Waals surface area (Å²) in [5.41, 5.74) is 0.212. The Bertz CT molecular complexity index is 497. The molecule has 0 aliphatic rings. The average Bonchev–Trinajstić information content (AvgIpc) is 2.19. The molecule has 0 atom stereocenters. The van der Waals surface area contributed by atoms with Gasteiger partial charge < -0.3 is 10.4 Å². The van der Waals surface area contributed by atoms with Crippen LogP contribution in [0.3, 0.4) is 0 Å². The van der Waals surface area contributed by atoms with Crippen LogP contribution in [0, 0.1) is 0 Å². The molecule has 4 nitrogen and oxygen atoms in total. The molecule has 0 saturated heterocycles. The molecule has 0 fully saturated rings. The lowest BCUT2D eigenvalue weighted by atomic mass is 10.2. The number of carbonyl (C=O) groups is 2. The van der Waals surface area contributed by atoms with Crippen molar-refractivity contribution < 1.29 is 14.7 Å². The number of carbonyl (C=O) groups excluding carboxylic acids is 1. The van der Waals surface area contributed by atoms with E-state index in [0.717, 1.165) is 0 Å². The Balaban J connectivity index is 3.12. The molecular formula is C11H9Cl2NO3. The molecule has 1 aromatic carbocycles. The first kappa shape index (κ1) is 13.5. The molecule has 0 heterocycles. The topological polar surface area (TPSA) is 66.4 Å². The summed E-state index contributed by atoms with van der Waals surface area (Å²) < 4.78 is 0. The third-order valence-corrected chi connectivity index (χ3v) is 2.37. The monoisotopic (exact) mass is 273 g/mol. The Morgan fingerprint density at radius 2 is 2.00 bits per heavy atom. The minimum atomic E-state index is -1.24. The molecular weight excluding hydrogens is 265 g/mol. The Kier molecular flexibility index (Phi) is 4.54. The van der Waals surface area contributed by atoms with E-state index in [1.165, 1.54) is 19.1 Å². The maximum absolute atomic E-state index is 10.9. The van der Waals surface area contributed by atoms with Gasteiger partial charge in [-0.3, -0.25) is 4.79 Å². The highest BCUT2D eigenvalue weighted by Gasteiger charge is 2.10. The number of hydrogen-bond acceptors (Lipinski definition) is 2. The summed E-state index contributed by atoms with van der Waals surface area (Å²) in [4.78, 5) is 21.7. The Hall–Kier alpha value is -1.52. The van der Waals surface area contributed by atoms with Crippen LogP contribution in [0.15, 0.2) is 23.9 Å². The molecule has 17 heavy (non-hydrogen) atoms. The van der Waals surface area contributed by atoms with Gasteiger partial charge in [0.25, 0.3) is 0 Å². The minimum Gasteiger partial charge on any atom is -0.477 e. The summed E-state index contributed by atoms with van der Waals surface area (Å²) in [6.07, 6.45) is 1.27. The van der Waals surface area contributed by atoms with E-state index >= 15 is 0 Å². The van der Waals surface area contributed by atoms with Gasteiger partial charge in [0.2, 0.25) is 5.91 Å². The van der Waals surface area contributed by atoms with Gasteiger partial charge in [-0.1, -0.05) is 29.3 Å². The second-order valence-electron chi connectivity index (χ2n) is 3.21. The number of halogens is 2. The summed E-state index contributed by atoms with van der Waals surface area (Å²) in [6.45, 7) is 1.22. The van der Waals surface area contributed by atoms with Crippen molar-refractivity contribution in [2.24, 2.45) is 0 Å². The van der Waals surface area contributed by atoms with E-state index in [9.17, 15) is 9.59 Å². The smallest absolute Gasteiger partial charge is 0.352 e. The highest BCUT2D eigenvalue weighted by molar-refractivity contribution is 6.35. The van der Waals surface area contributed by atoms with Gasteiger partial charge in [0.1, 0.15) is 5.70 Å². The lowest BCUT2D eigenvalue weighted by Crippen LogP contribution is -2.24. The molecule has 0 aliphatic heterocycles. The molecule has 0 radical (unpaired) electrons. The number of benzene rings is 1. The summed E-state index contributed by atoms with van der Waals surface area (Å²) in [6, 6.07) is 4.63. The second kappa shape index (κ2) is 5.70. The zero-order valence-corrected chi connectivity index (χ0v) is 10.3. The van der Waals surface area contributed by atoms with E-state index in [1.54, 1.807) is 12.1 Å². The number of hydrogen-bond donors (Lipinski definition) is 2. The van der Waals surface area contributed by atoms with Crippen LogP contribution in [0.5, 0.6) is 0 Å². The van der Waals surface area contributed by atoms with Crippen LogP contribution in [0.25, 0.3) is 6.08 Å². The van der Waals surface area contributed by atoms with E-state index in [4.69, 9.17) is 28.3 Å². The second-order valence-corrected chi connectivity index (χ2v) is 4.05. The van der Waals surface area contributed by atoms with Crippen LogP contribution in [0.1, 0.15) is 12.5 Å². The van der Waals surface area contributed by atoms with Gasteiger partial charge in [-0.05, 0) is 23.8 Å². The fourth-order valence-electron chi connectivity index (χ4n) is 1.11. The van der Waals surface area contributed by atoms with Crippen molar-refractivity contribution in [1.29, 1.82) is 0 Å². The Labute approximate surface area is 108 Å². The fourth-order valence-corrected chi connectivity index (χ4v) is 1.58. The van der Waals surface area contributed by atoms with Crippen molar-refractivity contribution in [2.45, 2.75) is 6.92 Å². The van der Waals surface area contributed by atoms with Crippen LogP contribution in [-0.2, 0) is 9.59 Å². The number of carboxylic acid groups (broad SMARTS) is 1. The fraction of sp³-hybridized carbons (Fsp3) is 0.0909. The lowest BCUT2D eigenvalue weighted by Gasteiger charge is -2.04. The van der Waals surface area contributed by atoms with Crippen molar-refractivity contribution in [3.63, 3.8) is 0 Å². The van der Waals surface area contributed by atoms with Crippen molar-refractivity contribution in [2.75, 3.05) is 0 Å². The van der Waals surface area contributed by atoms with E-state index in [1.807, 2.05) is 0 Å².